The zero-order chi connectivity index (χ0) is 13.9. The van der Waals surface area contributed by atoms with Gasteiger partial charge in [0.25, 0.3) is 0 Å². The topological polar surface area (TPSA) is 43.4 Å². The normalized spacial score (nSPS) is 14.0. The number of ether oxygens (including phenoxy) is 2. The van der Waals surface area contributed by atoms with Crippen LogP contribution in [0.2, 0.25) is 0 Å². The van der Waals surface area contributed by atoms with Gasteiger partial charge in [0.05, 0.1) is 6.04 Å². The fraction of sp³-hybridized carbons (Fsp3) is 0.312. The average molecular weight is 268 g/mol. The van der Waals surface area contributed by atoms with Gasteiger partial charge in [-0.2, -0.15) is 0 Å². The second kappa shape index (κ2) is 5.30. The number of hydrogen-bond donors (Lipinski definition) is 1. The number of terminal acetylenes is 1. The Kier molecular flexibility index (Phi) is 3.34. The van der Waals surface area contributed by atoms with Gasteiger partial charge in [0.2, 0.25) is 6.79 Å². The lowest BCUT2D eigenvalue weighted by Crippen LogP contribution is -2.17. The molecule has 2 heterocycles. The van der Waals surface area contributed by atoms with Crippen molar-refractivity contribution in [3.63, 3.8) is 0 Å². The summed E-state index contributed by atoms with van der Waals surface area (Å²) in [5, 5.41) is 5.37. The molecule has 0 spiro atoms. The molecule has 1 N–H and O–H groups in total. The Balaban J connectivity index is 2.01. The van der Waals surface area contributed by atoms with Crippen molar-refractivity contribution in [3.8, 4) is 23.8 Å². The molecule has 102 valence electrons. The van der Waals surface area contributed by atoms with E-state index in [1.54, 1.807) is 6.20 Å². The molecular formula is C16H16N2O2. The second-order valence-corrected chi connectivity index (χ2v) is 4.74. The molecular weight excluding hydrogens is 252 g/mol. The first-order chi connectivity index (χ1) is 9.81. The third-order valence-corrected chi connectivity index (χ3v) is 3.35. The highest BCUT2D eigenvalue weighted by Crippen LogP contribution is 2.37. The van der Waals surface area contributed by atoms with Gasteiger partial charge in [-0.3, -0.25) is 0 Å². The highest BCUT2D eigenvalue weighted by molar-refractivity contribution is 5.94. The van der Waals surface area contributed by atoms with Gasteiger partial charge < -0.3 is 14.8 Å². The van der Waals surface area contributed by atoms with Crippen LogP contribution in [0.25, 0.3) is 10.8 Å². The molecule has 0 fully saturated rings. The largest absolute Gasteiger partial charge is 0.454 e. The molecule has 0 amide bonds. The minimum Gasteiger partial charge on any atom is -0.454 e. The summed E-state index contributed by atoms with van der Waals surface area (Å²) in [6.07, 6.45) is 9.27. The maximum Gasteiger partial charge on any atom is 0.231 e. The van der Waals surface area contributed by atoms with E-state index in [4.69, 9.17) is 15.9 Å². The quantitative estimate of drug-likeness (QED) is 0.865. The van der Waals surface area contributed by atoms with Crippen LogP contribution in [0.5, 0.6) is 11.5 Å². The van der Waals surface area contributed by atoms with Gasteiger partial charge in [-0.1, -0.05) is 19.3 Å². The number of hydrogen-bond acceptors (Lipinski definition) is 4. The molecule has 2 aromatic rings. The van der Waals surface area contributed by atoms with Crippen LogP contribution in [-0.4, -0.2) is 17.8 Å². The van der Waals surface area contributed by atoms with Crippen molar-refractivity contribution >= 4 is 16.6 Å². The summed E-state index contributed by atoms with van der Waals surface area (Å²) in [5.74, 6) is 5.08. The average Bonchev–Trinajstić information content (AvgIpc) is 2.92. The number of fused-ring (bicyclic) bond motifs is 2. The van der Waals surface area contributed by atoms with Crippen molar-refractivity contribution in [2.75, 3.05) is 12.1 Å². The maximum atomic E-state index is 5.56. The molecule has 0 saturated carbocycles. The van der Waals surface area contributed by atoms with Crippen molar-refractivity contribution < 1.29 is 9.47 Å². The molecule has 0 saturated heterocycles. The van der Waals surface area contributed by atoms with E-state index in [9.17, 15) is 0 Å². The highest BCUT2D eigenvalue weighted by Gasteiger charge is 2.16. The Morgan fingerprint density at radius 1 is 1.40 bits per heavy atom. The second-order valence-electron chi connectivity index (χ2n) is 4.74. The lowest BCUT2D eigenvalue weighted by Gasteiger charge is -2.14. The molecule has 0 bridgehead atoms. The number of nitrogens with one attached hydrogen (secondary N) is 1. The SMILES string of the molecule is C#CC(CCC)Nc1nccc2cc3c(cc12)OCO3. The Bertz CT molecular complexity index is 676. The van der Waals surface area contributed by atoms with Crippen LogP contribution in [0.1, 0.15) is 19.8 Å². The number of rotatable bonds is 4. The van der Waals surface area contributed by atoms with E-state index in [1.165, 1.54) is 0 Å². The van der Waals surface area contributed by atoms with Gasteiger partial charge in [-0.25, -0.2) is 4.98 Å². The van der Waals surface area contributed by atoms with Gasteiger partial charge in [-0.05, 0) is 30.0 Å². The third-order valence-electron chi connectivity index (χ3n) is 3.35. The van der Waals surface area contributed by atoms with Crippen molar-refractivity contribution in [2.45, 2.75) is 25.8 Å². The molecule has 1 aliphatic heterocycles. The summed E-state index contributed by atoms with van der Waals surface area (Å²) in [6, 6.07) is 5.86. The summed E-state index contributed by atoms with van der Waals surface area (Å²) in [5.41, 5.74) is 0. The van der Waals surface area contributed by atoms with E-state index >= 15 is 0 Å². The molecule has 1 aromatic carbocycles. The summed E-state index contributed by atoms with van der Waals surface area (Å²) >= 11 is 0. The van der Waals surface area contributed by atoms with Crippen molar-refractivity contribution in [3.05, 3.63) is 24.4 Å². The molecule has 1 aromatic heterocycles. The third kappa shape index (κ3) is 2.23. The zero-order valence-corrected chi connectivity index (χ0v) is 11.3. The predicted molar refractivity (Wildman–Crippen MR) is 79.0 cm³/mol. The van der Waals surface area contributed by atoms with Crippen LogP contribution >= 0.6 is 0 Å². The van der Waals surface area contributed by atoms with E-state index in [0.717, 1.165) is 40.9 Å². The van der Waals surface area contributed by atoms with Crippen LogP contribution in [0.3, 0.4) is 0 Å². The predicted octanol–water partition coefficient (Wildman–Crippen LogP) is 3.18. The highest BCUT2D eigenvalue weighted by atomic mass is 16.7. The smallest absolute Gasteiger partial charge is 0.231 e. The van der Waals surface area contributed by atoms with E-state index in [1.807, 2.05) is 18.2 Å². The standard InChI is InChI=1S/C16H16N2O2/c1-3-5-12(4-2)18-16-13-9-15-14(19-10-20-15)8-11(13)6-7-17-16/h2,6-9,12H,3,5,10H2,1H3,(H,17,18). The van der Waals surface area contributed by atoms with E-state index in [-0.39, 0.29) is 12.8 Å². The molecule has 20 heavy (non-hydrogen) atoms. The minimum absolute atomic E-state index is 0.0106. The van der Waals surface area contributed by atoms with Crippen LogP contribution < -0.4 is 14.8 Å². The Labute approximate surface area is 118 Å². The zero-order valence-electron chi connectivity index (χ0n) is 11.3. The van der Waals surface area contributed by atoms with Crippen LogP contribution in [0.4, 0.5) is 5.82 Å². The van der Waals surface area contributed by atoms with Crippen molar-refractivity contribution in [1.82, 2.24) is 4.98 Å². The molecule has 0 aliphatic carbocycles. The van der Waals surface area contributed by atoms with Gasteiger partial charge >= 0.3 is 0 Å². The molecule has 1 unspecified atom stereocenters. The number of nitrogens with zero attached hydrogens (tertiary/aromatic N) is 1. The van der Waals surface area contributed by atoms with Gasteiger partial charge in [0.15, 0.2) is 11.5 Å². The number of aromatic nitrogens is 1. The number of anilines is 1. The van der Waals surface area contributed by atoms with Gasteiger partial charge in [-0.15, -0.1) is 6.42 Å². The summed E-state index contributed by atoms with van der Waals surface area (Å²) in [7, 11) is 0. The first-order valence-electron chi connectivity index (χ1n) is 6.73. The fourth-order valence-electron chi connectivity index (χ4n) is 2.33. The van der Waals surface area contributed by atoms with Crippen LogP contribution in [0.15, 0.2) is 24.4 Å². The Morgan fingerprint density at radius 3 is 2.95 bits per heavy atom. The summed E-state index contributed by atoms with van der Waals surface area (Å²) in [4.78, 5) is 4.40. The first kappa shape index (κ1) is 12.6. The van der Waals surface area contributed by atoms with Crippen LogP contribution in [-0.2, 0) is 0 Å². The van der Waals surface area contributed by atoms with E-state index < -0.39 is 0 Å². The molecule has 1 atom stereocenters. The molecule has 4 nitrogen and oxygen atoms in total. The number of benzene rings is 1. The van der Waals surface area contributed by atoms with Crippen LogP contribution in [0, 0.1) is 12.3 Å². The monoisotopic (exact) mass is 268 g/mol. The fourth-order valence-corrected chi connectivity index (χ4v) is 2.33. The molecule has 3 rings (SSSR count). The molecule has 0 radical (unpaired) electrons. The van der Waals surface area contributed by atoms with Crippen molar-refractivity contribution in [2.24, 2.45) is 0 Å². The number of pyridine rings is 1. The van der Waals surface area contributed by atoms with E-state index in [0.29, 0.717) is 0 Å². The maximum absolute atomic E-state index is 5.56. The van der Waals surface area contributed by atoms with Crippen molar-refractivity contribution in [1.29, 1.82) is 0 Å². The summed E-state index contributed by atoms with van der Waals surface area (Å²) in [6.45, 7) is 2.38. The Morgan fingerprint density at radius 2 is 2.20 bits per heavy atom. The molecule has 4 heteroatoms. The molecule has 1 aliphatic rings. The summed E-state index contributed by atoms with van der Waals surface area (Å²) < 4.78 is 10.8. The lowest BCUT2D eigenvalue weighted by atomic mass is 10.1. The van der Waals surface area contributed by atoms with E-state index in [2.05, 4.69) is 23.1 Å². The van der Waals surface area contributed by atoms with Gasteiger partial charge in [0.1, 0.15) is 5.82 Å². The Hall–Kier alpha value is -2.41. The van der Waals surface area contributed by atoms with Gasteiger partial charge in [0, 0.05) is 11.6 Å². The first-order valence-corrected chi connectivity index (χ1v) is 6.73. The lowest BCUT2D eigenvalue weighted by molar-refractivity contribution is 0.174. The minimum atomic E-state index is -0.0106.